The molecule has 0 spiro atoms. The van der Waals surface area contributed by atoms with Crippen molar-refractivity contribution in [2.75, 3.05) is 0 Å². The van der Waals surface area contributed by atoms with Crippen molar-refractivity contribution in [1.82, 2.24) is 0 Å². The van der Waals surface area contributed by atoms with Crippen LogP contribution in [0.4, 0.5) is 4.39 Å². The van der Waals surface area contributed by atoms with Gasteiger partial charge in [0.15, 0.2) is 0 Å². The van der Waals surface area contributed by atoms with Gasteiger partial charge in [-0.25, -0.2) is 4.39 Å². The molecule has 0 aliphatic carbocycles. The van der Waals surface area contributed by atoms with Crippen LogP contribution in [0.1, 0.15) is 5.56 Å². The quantitative estimate of drug-likeness (QED) is 0.540. The minimum absolute atomic E-state index is 0.288. The normalized spacial score (nSPS) is 10.2. The van der Waals surface area contributed by atoms with Crippen molar-refractivity contribution in [3.8, 4) is 0 Å². The molecule has 0 heterocycles. The molecule has 0 aliphatic heterocycles. The van der Waals surface area contributed by atoms with Gasteiger partial charge in [0, 0.05) is 10.4 Å². The summed E-state index contributed by atoms with van der Waals surface area (Å²) in [5, 5.41) is 1.11. The van der Waals surface area contributed by atoms with E-state index in [0.717, 1.165) is 5.56 Å². The van der Waals surface area contributed by atoms with Crippen molar-refractivity contribution in [2.45, 2.75) is 5.33 Å². The van der Waals surface area contributed by atoms with E-state index in [2.05, 4.69) is 31.9 Å². The van der Waals surface area contributed by atoms with Crippen molar-refractivity contribution in [2.24, 2.45) is 0 Å². The molecule has 0 nitrogen and oxygen atoms in total. The van der Waals surface area contributed by atoms with Gasteiger partial charge < -0.3 is 0 Å². The van der Waals surface area contributed by atoms with Gasteiger partial charge in [0.25, 0.3) is 0 Å². The van der Waals surface area contributed by atoms with Crippen LogP contribution in [0, 0.1) is 5.82 Å². The van der Waals surface area contributed by atoms with Crippen molar-refractivity contribution < 1.29 is 4.39 Å². The molecule has 1 aromatic carbocycles. The Hall–Kier alpha value is 0.400. The Labute approximate surface area is 86.0 Å². The maximum atomic E-state index is 12.8. The number of hydrogen-bond acceptors (Lipinski definition) is 0. The summed E-state index contributed by atoms with van der Waals surface area (Å²) in [6, 6.07) is 2.87. The molecule has 0 atom stereocenters. The molecule has 4 heteroatoms. The van der Waals surface area contributed by atoms with E-state index in [9.17, 15) is 4.39 Å². The predicted octanol–water partition coefficient (Wildman–Crippen LogP) is 4.14. The second-order valence-electron chi connectivity index (χ2n) is 1.96. The third-order valence-corrected chi connectivity index (χ3v) is 3.04. The van der Waals surface area contributed by atoms with Crippen LogP contribution in [-0.4, -0.2) is 0 Å². The molecule has 0 N–H and O–H groups in total. The standard InChI is InChI=1S/C7H4Br2ClF/c8-3-4-5(10)1-2-6(11)7(4)9/h1-2H,3H2. The van der Waals surface area contributed by atoms with Crippen LogP contribution in [0.3, 0.4) is 0 Å². The van der Waals surface area contributed by atoms with E-state index in [-0.39, 0.29) is 5.82 Å². The summed E-state index contributed by atoms with van der Waals surface area (Å²) in [6.45, 7) is 0. The molecule has 0 fully saturated rings. The summed E-state index contributed by atoms with van der Waals surface area (Å²) >= 11 is 12.1. The van der Waals surface area contributed by atoms with Crippen LogP contribution in [0.2, 0.25) is 5.02 Å². The van der Waals surface area contributed by atoms with Gasteiger partial charge in [-0.05, 0) is 33.6 Å². The minimum atomic E-state index is -0.288. The molecule has 0 aromatic heterocycles. The van der Waals surface area contributed by atoms with Gasteiger partial charge >= 0.3 is 0 Å². The highest BCUT2D eigenvalue weighted by atomic mass is 79.9. The SMILES string of the molecule is Fc1ccc(Cl)c(CBr)c1Br. The van der Waals surface area contributed by atoms with E-state index in [1.807, 2.05) is 0 Å². The van der Waals surface area contributed by atoms with Crippen molar-refractivity contribution in [3.05, 3.63) is 33.0 Å². The Balaban J connectivity index is 3.29. The predicted molar refractivity (Wildman–Crippen MR) is 51.7 cm³/mol. The zero-order valence-electron chi connectivity index (χ0n) is 5.37. The summed E-state index contributed by atoms with van der Waals surface area (Å²) in [7, 11) is 0. The number of alkyl halides is 1. The number of halogens is 4. The lowest BCUT2D eigenvalue weighted by atomic mass is 10.2. The van der Waals surface area contributed by atoms with Gasteiger partial charge in [-0.1, -0.05) is 27.5 Å². The van der Waals surface area contributed by atoms with Crippen LogP contribution in [-0.2, 0) is 5.33 Å². The maximum absolute atomic E-state index is 12.8. The number of benzene rings is 1. The number of hydrogen-bond donors (Lipinski definition) is 0. The van der Waals surface area contributed by atoms with Gasteiger partial charge in [-0.2, -0.15) is 0 Å². The average Bonchev–Trinajstić information content (AvgIpc) is 1.99. The van der Waals surface area contributed by atoms with Crippen LogP contribution >= 0.6 is 43.5 Å². The Morgan fingerprint density at radius 1 is 1.45 bits per heavy atom. The second-order valence-corrected chi connectivity index (χ2v) is 3.72. The molecule has 0 saturated heterocycles. The first-order valence-electron chi connectivity index (χ1n) is 2.85. The fourth-order valence-corrected chi connectivity index (χ4v) is 2.64. The third kappa shape index (κ3) is 1.95. The van der Waals surface area contributed by atoms with E-state index >= 15 is 0 Å². The molecular formula is C7H4Br2ClF. The first-order chi connectivity index (χ1) is 5.16. The highest BCUT2D eigenvalue weighted by molar-refractivity contribution is 9.10. The summed E-state index contributed by atoms with van der Waals surface area (Å²) in [4.78, 5) is 0. The van der Waals surface area contributed by atoms with E-state index in [4.69, 9.17) is 11.6 Å². The largest absolute Gasteiger partial charge is 0.206 e. The molecule has 0 radical (unpaired) electrons. The van der Waals surface area contributed by atoms with Crippen molar-refractivity contribution >= 4 is 43.5 Å². The first-order valence-corrected chi connectivity index (χ1v) is 5.14. The second kappa shape index (κ2) is 3.87. The summed E-state index contributed by atoms with van der Waals surface area (Å²) in [5.41, 5.74) is 0.742. The van der Waals surface area contributed by atoms with Crippen LogP contribution in [0.5, 0.6) is 0 Å². The van der Waals surface area contributed by atoms with Gasteiger partial charge in [-0.15, -0.1) is 0 Å². The van der Waals surface area contributed by atoms with E-state index in [1.165, 1.54) is 12.1 Å². The fraction of sp³-hybridized carbons (Fsp3) is 0.143. The summed E-state index contributed by atoms with van der Waals surface area (Å²) in [5.74, 6) is -0.288. The third-order valence-electron chi connectivity index (χ3n) is 1.27. The van der Waals surface area contributed by atoms with E-state index < -0.39 is 0 Å². The summed E-state index contributed by atoms with van der Waals surface area (Å²) in [6.07, 6.45) is 0. The number of rotatable bonds is 1. The zero-order valence-corrected chi connectivity index (χ0v) is 9.30. The van der Waals surface area contributed by atoms with E-state index in [1.54, 1.807) is 0 Å². The van der Waals surface area contributed by atoms with Gasteiger partial charge in [-0.3, -0.25) is 0 Å². The topological polar surface area (TPSA) is 0 Å². The Kier molecular flexibility index (Phi) is 3.34. The van der Waals surface area contributed by atoms with E-state index in [0.29, 0.717) is 14.8 Å². The monoisotopic (exact) mass is 300 g/mol. The molecule has 1 aromatic rings. The van der Waals surface area contributed by atoms with Crippen molar-refractivity contribution in [3.63, 3.8) is 0 Å². The first kappa shape index (κ1) is 9.49. The lowest BCUT2D eigenvalue weighted by molar-refractivity contribution is 0.619. The molecule has 11 heavy (non-hydrogen) atoms. The molecule has 0 bridgehead atoms. The molecule has 0 aliphatic rings. The smallest absolute Gasteiger partial charge is 0.137 e. The highest BCUT2D eigenvalue weighted by Gasteiger charge is 2.07. The lowest BCUT2D eigenvalue weighted by Gasteiger charge is -2.03. The summed E-state index contributed by atoms with van der Waals surface area (Å²) < 4.78 is 13.3. The highest BCUT2D eigenvalue weighted by Crippen LogP contribution is 2.29. The average molecular weight is 302 g/mol. The minimum Gasteiger partial charge on any atom is -0.206 e. The molecule has 0 unspecified atom stereocenters. The maximum Gasteiger partial charge on any atom is 0.137 e. The molecular weight excluding hydrogens is 298 g/mol. The van der Waals surface area contributed by atoms with Crippen LogP contribution in [0.25, 0.3) is 0 Å². The van der Waals surface area contributed by atoms with Gasteiger partial charge in [0.2, 0.25) is 0 Å². The zero-order chi connectivity index (χ0) is 8.43. The van der Waals surface area contributed by atoms with Crippen molar-refractivity contribution in [1.29, 1.82) is 0 Å². The van der Waals surface area contributed by atoms with Crippen LogP contribution < -0.4 is 0 Å². The Morgan fingerprint density at radius 3 is 2.55 bits per heavy atom. The van der Waals surface area contributed by atoms with Gasteiger partial charge in [0.1, 0.15) is 5.82 Å². The Bertz CT molecular complexity index is 275. The van der Waals surface area contributed by atoms with Crippen LogP contribution in [0.15, 0.2) is 16.6 Å². The molecule has 1 rings (SSSR count). The Morgan fingerprint density at radius 2 is 2.09 bits per heavy atom. The van der Waals surface area contributed by atoms with Gasteiger partial charge in [0.05, 0.1) is 4.47 Å². The molecule has 0 saturated carbocycles. The molecule has 0 amide bonds. The lowest BCUT2D eigenvalue weighted by Crippen LogP contribution is -1.86. The molecule has 60 valence electrons. The fourth-order valence-electron chi connectivity index (χ4n) is 0.692.